The SMILES string of the molecule is COc1ccc(C(=O)N2CCCC2c2noc(COCc3ccccc3)n2)cc1OC. The molecule has 1 aliphatic heterocycles. The maximum Gasteiger partial charge on any atom is 0.254 e. The molecule has 0 aliphatic carbocycles. The molecule has 1 unspecified atom stereocenters. The summed E-state index contributed by atoms with van der Waals surface area (Å²) in [6.45, 7) is 1.32. The highest BCUT2D eigenvalue weighted by molar-refractivity contribution is 5.95. The Bertz CT molecular complexity index is 1020. The first-order valence-electron chi connectivity index (χ1n) is 10.2. The van der Waals surface area contributed by atoms with E-state index in [9.17, 15) is 4.79 Å². The standard InChI is InChI=1S/C23H25N3O5/c1-28-19-11-10-17(13-20(19)29-2)23(27)26-12-6-9-18(26)22-24-21(31-25-22)15-30-14-16-7-4-3-5-8-16/h3-5,7-8,10-11,13,18H,6,9,12,14-15H2,1-2H3. The van der Waals surface area contributed by atoms with Crippen LogP contribution in [0.4, 0.5) is 0 Å². The summed E-state index contributed by atoms with van der Waals surface area (Å²) in [6, 6.07) is 14.8. The number of carbonyl (C=O) groups excluding carboxylic acids is 1. The Morgan fingerprint density at radius 1 is 1.10 bits per heavy atom. The van der Waals surface area contributed by atoms with E-state index >= 15 is 0 Å². The van der Waals surface area contributed by atoms with Gasteiger partial charge in [-0.25, -0.2) is 0 Å². The summed E-state index contributed by atoms with van der Waals surface area (Å²) >= 11 is 0. The minimum Gasteiger partial charge on any atom is -0.493 e. The van der Waals surface area contributed by atoms with Gasteiger partial charge < -0.3 is 23.6 Å². The number of likely N-dealkylation sites (tertiary alicyclic amines) is 1. The van der Waals surface area contributed by atoms with Crippen LogP contribution in [-0.2, 0) is 18.0 Å². The van der Waals surface area contributed by atoms with Gasteiger partial charge >= 0.3 is 0 Å². The molecule has 1 aromatic heterocycles. The summed E-state index contributed by atoms with van der Waals surface area (Å²) in [5.74, 6) is 1.90. The van der Waals surface area contributed by atoms with Crippen LogP contribution in [0.3, 0.4) is 0 Å². The number of aromatic nitrogens is 2. The van der Waals surface area contributed by atoms with Crippen molar-refractivity contribution >= 4 is 5.91 Å². The molecule has 0 radical (unpaired) electrons. The van der Waals surface area contributed by atoms with Gasteiger partial charge in [0.15, 0.2) is 17.3 Å². The van der Waals surface area contributed by atoms with Gasteiger partial charge in [-0.1, -0.05) is 35.5 Å². The molecule has 8 nitrogen and oxygen atoms in total. The number of carbonyl (C=O) groups is 1. The molecular weight excluding hydrogens is 398 g/mol. The first-order chi connectivity index (χ1) is 15.2. The van der Waals surface area contributed by atoms with E-state index in [4.69, 9.17) is 18.7 Å². The van der Waals surface area contributed by atoms with Crippen molar-refractivity contribution in [2.75, 3.05) is 20.8 Å². The average molecular weight is 423 g/mol. The fourth-order valence-electron chi connectivity index (χ4n) is 3.71. The minimum absolute atomic E-state index is 0.102. The maximum atomic E-state index is 13.2. The van der Waals surface area contributed by atoms with Crippen LogP contribution in [0, 0.1) is 0 Å². The van der Waals surface area contributed by atoms with Gasteiger partial charge in [-0.2, -0.15) is 4.98 Å². The molecule has 0 N–H and O–H groups in total. The smallest absolute Gasteiger partial charge is 0.254 e. The van der Waals surface area contributed by atoms with Gasteiger partial charge in [-0.15, -0.1) is 0 Å². The lowest BCUT2D eigenvalue weighted by atomic mass is 10.1. The second kappa shape index (κ2) is 9.61. The lowest BCUT2D eigenvalue weighted by molar-refractivity contribution is 0.0727. The van der Waals surface area contributed by atoms with E-state index in [1.807, 2.05) is 30.3 Å². The number of methoxy groups -OCH3 is 2. The van der Waals surface area contributed by atoms with Gasteiger partial charge in [0.1, 0.15) is 6.61 Å². The second-order valence-electron chi connectivity index (χ2n) is 7.25. The fraction of sp³-hybridized carbons (Fsp3) is 0.348. The number of nitrogens with zero attached hydrogens (tertiary/aromatic N) is 3. The molecule has 0 saturated carbocycles. The summed E-state index contributed by atoms with van der Waals surface area (Å²) in [5, 5.41) is 4.11. The van der Waals surface area contributed by atoms with Crippen molar-refractivity contribution in [1.82, 2.24) is 15.0 Å². The first-order valence-corrected chi connectivity index (χ1v) is 10.2. The van der Waals surface area contributed by atoms with Crippen LogP contribution in [0.5, 0.6) is 11.5 Å². The molecule has 0 spiro atoms. The maximum absolute atomic E-state index is 13.2. The molecule has 8 heteroatoms. The minimum atomic E-state index is -0.229. The van der Waals surface area contributed by atoms with Crippen LogP contribution in [-0.4, -0.2) is 41.7 Å². The predicted octanol–water partition coefficient (Wildman–Crippen LogP) is 3.78. The van der Waals surface area contributed by atoms with Crippen molar-refractivity contribution in [3.05, 3.63) is 71.4 Å². The topological polar surface area (TPSA) is 86.9 Å². The molecule has 31 heavy (non-hydrogen) atoms. The van der Waals surface area contributed by atoms with Crippen LogP contribution >= 0.6 is 0 Å². The molecule has 3 aromatic rings. The van der Waals surface area contributed by atoms with Crippen LogP contribution in [0.2, 0.25) is 0 Å². The third-order valence-corrected chi connectivity index (χ3v) is 5.26. The van der Waals surface area contributed by atoms with E-state index in [1.165, 1.54) is 0 Å². The Kier molecular flexibility index (Phi) is 6.47. The van der Waals surface area contributed by atoms with E-state index in [2.05, 4.69) is 10.1 Å². The van der Waals surface area contributed by atoms with E-state index in [0.717, 1.165) is 18.4 Å². The van der Waals surface area contributed by atoms with Crippen molar-refractivity contribution in [2.24, 2.45) is 0 Å². The van der Waals surface area contributed by atoms with Gasteiger partial charge in [0.25, 0.3) is 11.8 Å². The van der Waals surface area contributed by atoms with Crippen molar-refractivity contribution < 1.29 is 23.5 Å². The highest BCUT2D eigenvalue weighted by atomic mass is 16.5. The Morgan fingerprint density at radius 2 is 1.90 bits per heavy atom. The number of benzene rings is 2. The van der Waals surface area contributed by atoms with Crippen LogP contribution < -0.4 is 9.47 Å². The summed E-state index contributed by atoms with van der Waals surface area (Å²) in [4.78, 5) is 19.4. The predicted molar refractivity (Wildman–Crippen MR) is 112 cm³/mol. The summed E-state index contributed by atoms with van der Waals surface area (Å²) in [5.41, 5.74) is 1.60. The molecule has 2 aromatic carbocycles. The Morgan fingerprint density at radius 3 is 2.68 bits per heavy atom. The summed E-state index contributed by atoms with van der Waals surface area (Å²) < 4.78 is 21.6. The molecule has 162 valence electrons. The van der Waals surface area contributed by atoms with Gasteiger partial charge in [0.2, 0.25) is 0 Å². The zero-order valence-corrected chi connectivity index (χ0v) is 17.6. The zero-order valence-electron chi connectivity index (χ0n) is 17.6. The van der Waals surface area contributed by atoms with Gasteiger partial charge in [-0.05, 0) is 36.6 Å². The van der Waals surface area contributed by atoms with Gasteiger partial charge in [0.05, 0.1) is 26.9 Å². The lowest BCUT2D eigenvalue weighted by Crippen LogP contribution is -2.31. The largest absolute Gasteiger partial charge is 0.493 e. The van der Waals surface area contributed by atoms with Crippen LogP contribution in [0.15, 0.2) is 53.1 Å². The van der Waals surface area contributed by atoms with E-state index in [1.54, 1.807) is 37.3 Å². The molecule has 1 saturated heterocycles. The Hall–Kier alpha value is -3.39. The molecule has 2 heterocycles. The second-order valence-corrected chi connectivity index (χ2v) is 7.25. The van der Waals surface area contributed by atoms with Crippen molar-refractivity contribution in [1.29, 1.82) is 0 Å². The number of hydrogen-bond donors (Lipinski definition) is 0. The quantitative estimate of drug-likeness (QED) is 0.545. The third kappa shape index (κ3) is 4.69. The molecular formula is C23H25N3O5. The third-order valence-electron chi connectivity index (χ3n) is 5.26. The molecule has 1 fully saturated rings. The lowest BCUT2D eigenvalue weighted by Gasteiger charge is -2.22. The van der Waals surface area contributed by atoms with E-state index < -0.39 is 0 Å². The van der Waals surface area contributed by atoms with Crippen molar-refractivity contribution in [3.8, 4) is 11.5 Å². The highest BCUT2D eigenvalue weighted by Crippen LogP contribution is 2.34. The number of hydrogen-bond acceptors (Lipinski definition) is 7. The van der Waals surface area contributed by atoms with Crippen molar-refractivity contribution in [3.63, 3.8) is 0 Å². The molecule has 1 atom stereocenters. The monoisotopic (exact) mass is 423 g/mol. The van der Waals surface area contributed by atoms with Crippen molar-refractivity contribution in [2.45, 2.75) is 32.1 Å². The number of ether oxygens (including phenoxy) is 3. The molecule has 4 rings (SSSR count). The first kappa shape index (κ1) is 20.9. The fourth-order valence-corrected chi connectivity index (χ4v) is 3.71. The zero-order chi connectivity index (χ0) is 21.6. The summed E-state index contributed by atoms with van der Waals surface area (Å²) in [7, 11) is 3.11. The molecule has 1 aliphatic rings. The number of amides is 1. The normalized spacial score (nSPS) is 15.8. The number of rotatable bonds is 8. The molecule has 1 amide bonds. The van der Waals surface area contributed by atoms with E-state index in [0.29, 0.717) is 41.9 Å². The van der Waals surface area contributed by atoms with Gasteiger partial charge in [-0.3, -0.25) is 4.79 Å². The van der Waals surface area contributed by atoms with Gasteiger partial charge in [0, 0.05) is 12.1 Å². The van der Waals surface area contributed by atoms with Crippen LogP contribution in [0.1, 0.15) is 46.5 Å². The highest BCUT2D eigenvalue weighted by Gasteiger charge is 2.34. The Balaban J connectivity index is 1.42. The van der Waals surface area contributed by atoms with Crippen LogP contribution in [0.25, 0.3) is 0 Å². The molecule has 0 bridgehead atoms. The Labute approximate surface area is 180 Å². The van der Waals surface area contributed by atoms with E-state index in [-0.39, 0.29) is 18.6 Å². The average Bonchev–Trinajstić information content (AvgIpc) is 3.48. The summed E-state index contributed by atoms with van der Waals surface area (Å²) in [6.07, 6.45) is 1.65.